The van der Waals surface area contributed by atoms with Gasteiger partial charge in [-0.2, -0.15) is 0 Å². The SMILES string of the molecule is N=CSCc1ccc(NC(=O)NCc2ccc(N3CC(C(=O)O)OC3=O)cc2)cc1. The van der Waals surface area contributed by atoms with Gasteiger partial charge in [0.15, 0.2) is 0 Å². The first-order valence-electron chi connectivity index (χ1n) is 9.00. The largest absolute Gasteiger partial charge is 0.478 e. The van der Waals surface area contributed by atoms with Crippen molar-refractivity contribution in [1.82, 2.24) is 5.32 Å². The van der Waals surface area contributed by atoms with E-state index in [0.717, 1.165) is 11.1 Å². The highest BCUT2D eigenvalue weighted by Crippen LogP contribution is 2.22. The van der Waals surface area contributed by atoms with E-state index in [4.69, 9.17) is 15.3 Å². The Kier molecular flexibility index (Phi) is 6.91. The molecule has 4 N–H and O–H groups in total. The highest BCUT2D eigenvalue weighted by atomic mass is 32.2. The van der Waals surface area contributed by atoms with E-state index < -0.39 is 18.2 Å². The molecular formula is C20H20N4O5S. The van der Waals surface area contributed by atoms with Crippen molar-refractivity contribution in [3.8, 4) is 0 Å². The zero-order valence-electron chi connectivity index (χ0n) is 15.8. The average Bonchev–Trinajstić information content (AvgIpc) is 3.14. The number of carbonyl (C=O) groups is 3. The highest BCUT2D eigenvalue weighted by Gasteiger charge is 2.36. The maximum absolute atomic E-state index is 12.1. The van der Waals surface area contributed by atoms with Crippen molar-refractivity contribution in [2.75, 3.05) is 16.8 Å². The Hall–Kier alpha value is -3.53. The van der Waals surface area contributed by atoms with Crippen LogP contribution >= 0.6 is 11.8 Å². The number of carboxylic acids is 1. The Labute approximate surface area is 176 Å². The van der Waals surface area contributed by atoms with Gasteiger partial charge < -0.3 is 25.9 Å². The number of rotatable bonds is 8. The summed E-state index contributed by atoms with van der Waals surface area (Å²) in [5.41, 5.74) is 4.35. The van der Waals surface area contributed by atoms with Crippen molar-refractivity contribution in [3.05, 3.63) is 59.7 Å². The molecule has 1 fully saturated rings. The van der Waals surface area contributed by atoms with Crippen LogP contribution in [0.1, 0.15) is 11.1 Å². The molecule has 2 aromatic carbocycles. The summed E-state index contributed by atoms with van der Waals surface area (Å²) in [6.45, 7) is 0.232. The van der Waals surface area contributed by atoms with Crippen molar-refractivity contribution >= 4 is 46.8 Å². The van der Waals surface area contributed by atoms with Gasteiger partial charge in [-0.15, -0.1) is 11.8 Å². The fraction of sp³-hybridized carbons (Fsp3) is 0.200. The molecule has 0 spiro atoms. The predicted octanol–water partition coefficient (Wildman–Crippen LogP) is 3.26. The maximum atomic E-state index is 12.1. The third-order valence-corrected chi connectivity index (χ3v) is 5.00. The van der Waals surface area contributed by atoms with E-state index in [1.54, 1.807) is 36.4 Å². The summed E-state index contributed by atoms with van der Waals surface area (Å²) in [6.07, 6.45) is -1.87. The molecule has 9 nitrogen and oxygen atoms in total. The van der Waals surface area contributed by atoms with Crippen LogP contribution in [0.25, 0.3) is 0 Å². The molecule has 1 heterocycles. The number of thioether (sulfide) groups is 1. The van der Waals surface area contributed by atoms with Crippen LogP contribution in [0.3, 0.4) is 0 Å². The third-order valence-electron chi connectivity index (χ3n) is 4.33. The first-order chi connectivity index (χ1) is 14.5. The first kappa shape index (κ1) is 21.2. The van der Waals surface area contributed by atoms with Crippen LogP contribution in [-0.2, 0) is 21.8 Å². The number of ether oxygens (including phenoxy) is 1. The summed E-state index contributed by atoms with van der Waals surface area (Å²) in [5.74, 6) is -0.476. The van der Waals surface area contributed by atoms with Gasteiger partial charge in [-0.25, -0.2) is 14.4 Å². The van der Waals surface area contributed by atoms with Gasteiger partial charge in [0.25, 0.3) is 0 Å². The number of aliphatic carboxylic acids is 1. The highest BCUT2D eigenvalue weighted by molar-refractivity contribution is 8.11. The van der Waals surface area contributed by atoms with Crippen LogP contribution in [-0.4, -0.2) is 41.4 Å². The lowest BCUT2D eigenvalue weighted by Crippen LogP contribution is -2.28. The van der Waals surface area contributed by atoms with Crippen LogP contribution in [0, 0.1) is 5.41 Å². The van der Waals surface area contributed by atoms with Gasteiger partial charge in [0, 0.05) is 23.7 Å². The van der Waals surface area contributed by atoms with E-state index in [-0.39, 0.29) is 19.1 Å². The minimum Gasteiger partial charge on any atom is -0.478 e. The first-order valence-corrected chi connectivity index (χ1v) is 10.1. The standard InChI is InChI=1S/C20H20N4O5S/c21-12-30-11-14-1-5-15(6-2-14)23-19(27)22-9-13-3-7-16(8-4-13)24-10-17(18(25)26)29-20(24)28/h1-8,12,17,21H,9-11H2,(H,25,26)(H2,22,23,27). The monoisotopic (exact) mass is 428 g/mol. The summed E-state index contributed by atoms with van der Waals surface area (Å²) in [6, 6.07) is 13.9. The molecule has 1 unspecified atom stereocenters. The van der Waals surface area contributed by atoms with Gasteiger partial charge in [-0.05, 0) is 35.4 Å². The molecule has 1 saturated heterocycles. The maximum Gasteiger partial charge on any atom is 0.415 e. The normalized spacial score (nSPS) is 15.4. The van der Waals surface area contributed by atoms with Gasteiger partial charge in [-0.1, -0.05) is 24.3 Å². The number of benzene rings is 2. The third kappa shape index (κ3) is 5.51. The summed E-state index contributed by atoms with van der Waals surface area (Å²) in [4.78, 5) is 36.1. The summed E-state index contributed by atoms with van der Waals surface area (Å²) < 4.78 is 4.79. The van der Waals surface area contributed by atoms with E-state index >= 15 is 0 Å². The molecule has 0 saturated carbocycles. The molecule has 10 heteroatoms. The summed E-state index contributed by atoms with van der Waals surface area (Å²) in [7, 11) is 0. The number of hydrogen-bond donors (Lipinski definition) is 4. The lowest BCUT2D eigenvalue weighted by Gasteiger charge is -2.13. The molecule has 1 aliphatic heterocycles. The Morgan fingerprint density at radius 3 is 2.43 bits per heavy atom. The van der Waals surface area contributed by atoms with E-state index in [9.17, 15) is 14.4 Å². The Bertz CT molecular complexity index is 933. The molecule has 3 amide bonds. The fourth-order valence-corrected chi connectivity index (χ4v) is 3.24. The number of hydrogen-bond acceptors (Lipinski definition) is 6. The van der Waals surface area contributed by atoms with E-state index in [0.29, 0.717) is 17.1 Å². The average molecular weight is 428 g/mol. The van der Waals surface area contributed by atoms with Gasteiger partial charge in [0.05, 0.1) is 12.1 Å². The van der Waals surface area contributed by atoms with E-state index in [1.165, 1.54) is 22.2 Å². The lowest BCUT2D eigenvalue weighted by atomic mass is 10.2. The van der Waals surface area contributed by atoms with Crippen LogP contribution in [0.2, 0.25) is 0 Å². The van der Waals surface area contributed by atoms with Gasteiger partial charge in [-0.3, -0.25) is 4.90 Å². The minimum atomic E-state index is -1.18. The Balaban J connectivity index is 1.49. The number of urea groups is 1. The molecule has 0 aromatic heterocycles. The van der Waals surface area contributed by atoms with E-state index in [2.05, 4.69) is 10.6 Å². The molecular weight excluding hydrogens is 408 g/mol. The number of nitrogens with zero attached hydrogens (tertiary/aromatic N) is 1. The molecule has 3 rings (SSSR count). The molecule has 0 bridgehead atoms. The van der Waals surface area contributed by atoms with E-state index in [1.807, 2.05) is 12.1 Å². The Morgan fingerprint density at radius 1 is 1.17 bits per heavy atom. The van der Waals surface area contributed by atoms with Crippen LogP contribution in [0.4, 0.5) is 21.0 Å². The van der Waals surface area contributed by atoms with Gasteiger partial charge in [0.2, 0.25) is 6.10 Å². The zero-order chi connectivity index (χ0) is 21.5. The number of carboxylic acid groups (broad SMARTS) is 1. The second-order valence-electron chi connectivity index (χ2n) is 6.42. The van der Waals surface area contributed by atoms with Crippen molar-refractivity contribution in [3.63, 3.8) is 0 Å². The van der Waals surface area contributed by atoms with Gasteiger partial charge in [0.1, 0.15) is 0 Å². The molecule has 1 atom stereocenters. The van der Waals surface area contributed by atoms with Crippen molar-refractivity contribution < 1.29 is 24.2 Å². The second-order valence-corrected chi connectivity index (χ2v) is 7.28. The van der Waals surface area contributed by atoms with Crippen LogP contribution < -0.4 is 15.5 Å². The summed E-state index contributed by atoms with van der Waals surface area (Å²) >= 11 is 1.38. The van der Waals surface area contributed by atoms with Crippen LogP contribution in [0.15, 0.2) is 48.5 Å². The molecule has 2 aromatic rings. The quantitative estimate of drug-likeness (QED) is 0.377. The van der Waals surface area contributed by atoms with Crippen molar-refractivity contribution in [2.45, 2.75) is 18.4 Å². The second kappa shape index (κ2) is 9.79. The van der Waals surface area contributed by atoms with Crippen molar-refractivity contribution in [2.24, 2.45) is 0 Å². The molecule has 30 heavy (non-hydrogen) atoms. The molecule has 0 aliphatic carbocycles. The van der Waals surface area contributed by atoms with Crippen LogP contribution in [0.5, 0.6) is 0 Å². The number of nitrogens with one attached hydrogen (secondary N) is 3. The lowest BCUT2D eigenvalue weighted by molar-refractivity contribution is -0.144. The number of carbonyl (C=O) groups excluding carboxylic acids is 2. The minimum absolute atomic E-state index is 0.0486. The topological polar surface area (TPSA) is 132 Å². The summed E-state index contributed by atoms with van der Waals surface area (Å²) in [5, 5.41) is 21.5. The smallest absolute Gasteiger partial charge is 0.415 e. The fourth-order valence-electron chi connectivity index (χ4n) is 2.78. The number of cyclic esters (lactones) is 1. The molecule has 0 radical (unpaired) electrons. The van der Waals surface area contributed by atoms with Crippen molar-refractivity contribution in [1.29, 1.82) is 5.41 Å². The molecule has 156 valence electrons. The number of anilines is 2. The Morgan fingerprint density at radius 2 is 1.83 bits per heavy atom. The number of amides is 3. The van der Waals surface area contributed by atoms with Gasteiger partial charge >= 0.3 is 18.1 Å². The predicted molar refractivity (Wildman–Crippen MR) is 114 cm³/mol. The zero-order valence-corrected chi connectivity index (χ0v) is 16.6. The molecule has 1 aliphatic rings.